The maximum Gasteiger partial charge on any atom is 0.308 e. The number of aliphatic carboxylic acids is 1. The van der Waals surface area contributed by atoms with Crippen LogP contribution in [0.25, 0.3) is 10.9 Å². The highest BCUT2D eigenvalue weighted by Gasteiger charge is 2.34. The van der Waals surface area contributed by atoms with Crippen molar-refractivity contribution in [2.45, 2.75) is 32.2 Å². The van der Waals surface area contributed by atoms with Crippen LogP contribution in [0.3, 0.4) is 0 Å². The van der Waals surface area contributed by atoms with E-state index in [1.54, 1.807) is 6.07 Å². The van der Waals surface area contributed by atoms with E-state index >= 15 is 0 Å². The largest absolute Gasteiger partial charge is 0.481 e. The van der Waals surface area contributed by atoms with Gasteiger partial charge in [-0.2, -0.15) is 0 Å². The minimum Gasteiger partial charge on any atom is -0.481 e. The van der Waals surface area contributed by atoms with Gasteiger partial charge in [0.05, 0.1) is 5.92 Å². The van der Waals surface area contributed by atoms with Gasteiger partial charge in [-0.15, -0.1) is 0 Å². The van der Waals surface area contributed by atoms with Crippen molar-refractivity contribution in [2.24, 2.45) is 5.92 Å². The zero-order valence-electron chi connectivity index (χ0n) is 11.8. The van der Waals surface area contributed by atoms with Gasteiger partial charge in [0.25, 0.3) is 5.91 Å². The lowest BCUT2D eigenvalue weighted by atomic mass is 10.0. The molecule has 0 saturated heterocycles. The molecule has 0 aliphatic heterocycles. The summed E-state index contributed by atoms with van der Waals surface area (Å²) in [6.45, 7) is 2.00. The minimum absolute atomic E-state index is 0.234. The van der Waals surface area contributed by atoms with Gasteiger partial charge in [-0.25, -0.2) is 0 Å². The number of aromatic amines is 1. The molecule has 1 saturated carbocycles. The van der Waals surface area contributed by atoms with Crippen molar-refractivity contribution in [3.8, 4) is 0 Å². The summed E-state index contributed by atoms with van der Waals surface area (Å²) in [5.41, 5.74) is 2.52. The standard InChI is InChI=1S/C16H18N2O3/c1-9-5-6-10-8-14(17-13(10)7-9)15(19)18-12-4-2-3-11(12)16(20)21/h5-8,11-12,17H,2-4H2,1H3,(H,18,19)(H,20,21)/t11-,12+/m0/s1. The Labute approximate surface area is 122 Å². The molecular weight excluding hydrogens is 268 g/mol. The van der Waals surface area contributed by atoms with Crippen LogP contribution in [0.5, 0.6) is 0 Å². The number of carbonyl (C=O) groups is 2. The van der Waals surface area contributed by atoms with Crippen molar-refractivity contribution in [1.82, 2.24) is 10.3 Å². The second-order valence-electron chi connectivity index (χ2n) is 5.73. The number of aromatic nitrogens is 1. The molecule has 2 aromatic rings. The Bertz CT molecular complexity index is 705. The number of aryl methyl sites for hydroxylation is 1. The van der Waals surface area contributed by atoms with Crippen LogP contribution in [0, 0.1) is 12.8 Å². The Balaban J connectivity index is 1.79. The Morgan fingerprint density at radius 2 is 2.10 bits per heavy atom. The monoisotopic (exact) mass is 286 g/mol. The summed E-state index contributed by atoms with van der Waals surface area (Å²) in [6.07, 6.45) is 2.20. The van der Waals surface area contributed by atoms with Crippen molar-refractivity contribution >= 4 is 22.8 Å². The van der Waals surface area contributed by atoms with E-state index in [4.69, 9.17) is 5.11 Å². The predicted molar refractivity (Wildman–Crippen MR) is 79.3 cm³/mol. The molecule has 110 valence electrons. The van der Waals surface area contributed by atoms with Crippen LogP contribution in [0.4, 0.5) is 0 Å². The number of rotatable bonds is 3. The lowest BCUT2D eigenvalue weighted by Crippen LogP contribution is -2.40. The summed E-state index contributed by atoms with van der Waals surface area (Å²) in [7, 11) is 0. The number of carboxylic acids is 1. The zero-order valence-corrected chi connectivity index (χ0v) is 11.8. The van der Waals surface area contributed by atoms with Gasteiger partial charge >= 0.3 is 5.97 Å². The minimum atomic E-state index is -0.829. The van der Waals surface area contributed by atoms with Crippen molar-refractivity contribution in [3.05, 3.63) is 35.5 Å². The molecule has 1 amide bonds. The molecule has 0 bridgehead atoms. The van der Waals surface area contributed by atoms with E-state index in [1.165, 1.54) is 0 Å². The maximum absolute atomic E-state index is 12.3. The quantitative estimate of drug-likeness (QED) is 0.810. The van der Waals surface area contributed by atoms with Crippen LogP contribution in [-0.2, 0) is 4.79 Å². The number of H-pyrrole nitrogens is 1. The Hall–Kier alpha value is -2.30. The van der Waals surface area contributed by atoms with E-state index in [9.17, 15) is 9.59 Å². The van der Waals surface area contributed by atoms with E-state index in [1.807, 2.05) is 25.1 Å². The molecule has 3 N–H and O–H groups in total. The topological polar surface area (TPSA) is 82.2 Å². The molecule has 1 heterocycles. The summed E-state index contributed by atoms with van der Waals surface area (Å²) in [4.78, 5) is 26.5. The van der Waals surface area contributed by atoms with Crippen molar-refractivity contribution in [2.75, 3.05) is 0 Å². The number of nitrogens with one attached hydrogen (secondary N) is 2. The van der Waals surface area contributed by atoms with Crippen LogP contribution < -0.4 is 5.32 Å². The molecule has 3 rings (SSSR count). The van der Waals surface area contributed by atoms with Crippen LogP contribution in [0.1, 0.15) is 35.3 Å². The molecular formula is C16H18N2O3. The molecule has 1 aromatic heterocycles. The van der Waals surface area contributed by atoms with E-state index in [0.29, 0.717) is 12.1 Å². The van der Waals surface area contributed by atoms with E-state index in [0.717, 1.165) is 29.3 Å². The molecule has 5 nitrogen and oxygen atoms in total. The van der Waals surface area contributed by atoms with Crippen molar-refractivity contribution in [1.29, 1.82) is 0 Å². The summed E-state index contributed by atoms with van der Waals surface area (Å²) in [5, 5.41) is 13.0. The molecule has 1 fully saturated rings. The Morgan fingerprint density at radius 3 is 2.86 bits per heavy atom. The molecule has 21 heavy (non-hydrogen) atoms. The van der Waals surface area contributed by atoms with Gasteiger partial charge in [0.1, 0.15) is 5.69 Å². The molecule has 0 unspecified atom stereocenters. The van der Waals surface area contributed by atoms with Crippen LogP contribution in [0.2, 0.25) is 0 Å². The predicted octanol–water partition coefficient (Wildman–Crippen LogP) is 2.46. The van der Waals surface area contributed by atoms with Gasteiger partial charge in [-0.1, -0.05) is 18.6 Å². The van der Waals surface area contributed by atoms with Crippen LogP contribution >= 0.6 is 0 Å². The molecule has 2 atom stereocenters. The highest BCUT2D eigenvalue weighted by Crippen LogP contribution is 2.26. The van der Waals surface area contributed by atoms with Crippen molar-refractivity contribution in [3.63, 3.8) is 0 Å². The molecule has 1 aromatic carbocycles. The van der Waals surface area contributed by atoms with Crippen LogP contribution in [-0.4, -0.2) is 28.0 Å². The van der Waals surface area contributed by atoms with Gasteiger partial charge in [0, 0.05) is 16.9 Å². The normalized spacial score (nSPS) is 21.6. The summed E-state index contributed by atoms with van der Waals surface area (Å²) in [5.74, 6) is -1.53. The average Bonchev–Trinajstić information content (AvgIpc) is 3.04. The van der Waals surface area contributed by atoms with Crippen molar-refractivity contribution < 1.29 is 14.7 Å². The molecule has 1 aliphatic rings. The summed E-state index contributed by atoms with van der Waals surface area (Å²) in [6, 6.07) is 7.47. The fraction of sp³-hybridized carbons (Fsp3) is 0.375. The fourth-order valence-electron chi connectivity index (χ4n) is 3.04. The van der Waals surface area contributed by atoms with Gasteiger partial charge in [-0.05, 0) is 37.5 Å². The second-order valence-corrected chi connectivity index (χ2v) is 5.73. The zero-order chi connectivity index (χ0) is 15.0. The molecule has 5 heteroatoms. The van der Waals surface area contributed by atoms with Crippen LogP contribution in [0.15, 0.2) is 24.3 Å². The number of carbonyl (C=O) groups excluding carboxylic acids is 1. The number of hydrogen-bond donors (Lipinski definition) is 3. The highest BCUT2D eigenvalue weighted by atomic mass is 16.4. The van der Waals surface area contributed by atoms with Gasteiger partial charge in [0.15, 0.2) is 0 Å². The number of fused-ring (bicyclic) bond motifs is 1. The number of amides is 1. The summed E-state index contributed by atoms with van der Waals surface area (Å²) >= 11 is 0. The first-order valence-corrected chi connectivity index (χ1v) is 7.17. The first kappa shape index (κ1) is 13.7. The number of hydrogen-bond acceptors (Lipinski definition) is 2. The first-order valence-electron chi connectivity index (χ1n) is 7.17. The lowest BCUT2D eigenvalue weighted by Gasteiger charge is -2.16. The fourth-order valence-corrected chi connectivity index (χ4v) is 3.04. The highest BCUT2D eigenvalue weighted by molar-refractivity contribution is 5.98. The van der Waals surface area contributed by atoms with E-state index in [2.05, 4.69) is 10.3 Å². The van der Waals surface area contributed by atoms with Gasteiger partial charge in [0.2, 0.25) is 0 Å². The average molecular weight is 286 g/mol. The number of carboxylic acid groups (broad SMARTS) is 1. The molecule has 0 spiro atoms. The third kappa shape index (κ3) is 2.63. The summed E-state index contributed by atoms with van der Waals surface area (Å²) < 4.78 is 0. The van der Waals surface area contributed by atoms with Gasteiger partial charge < -0.3 is 15.4 Å². The molecule has 1 aliphatic carbocycles. The Morgan fingerprint density at radius 1 is 1.29 bits per heavy atom. The first-order chi connectivity index (χ1) is 10.0. The maximum atomic E-state index is 12.3. The smallest absolute Gasteiger partial charge is 0.308 e. The van der Waals surface area contributed by atoms with E-state index in [-0.39, 0.29) is 11.9 Å². The second kappa shape index (κ2) is 5.24. The van der Waals surface area contributed by atoms with E-state index < -0.39 is 11.9 Å². The van der Waals surface area contributed by atoms with Gasteiger partial charge in [-0.3, -0.25) is 9.59 Å². The lowest BCUT2D eigenvalue weighted by molar-refractivity contribution is -0.142. The SMILES string of the molecule is Cc1ccc2cc(C(=O)N[C@@H]3CCC[C@@H]3C(=O)O)[nH]c2c1. The third-order valence-corrected chi connectivity index (χ3v) is 4.17. The third-order valence-electron chi connectivity index (χ3n) is 4.17. The Kier molecular flexibility index (Phi) is 3.41. The number of benzene rings is 1. The molecule has 0 radical (unpaired) electrons.